The summed E-state index contributed by atoms with van der Waals surface area (Å²) in [7, 11) is 0. The molecule has 0 spiro atoms. The molecule has 2 N–H and O–H groups in total. The number of aliphatic hydroxyl groups excluding tert-OH is 1. The third-order valence-corrected chi connectivity index (χ3v) is 1.93. The molecule has 0 radical (unpaired) electrons. The van der Waals surface area contributed by atoms with Gasteiger partial charge in [0.1, 0.15) is 5.82 Å². The fraction of sp³-hybridized carbons (Fsp3) is 0.364. The Morgan fingerprint density at radius 2 is 2.24 bits per heavy atom. The molecule has 17 heavy (non-hydrogen) atoms. The van der Waals surface area contributed by atoms with Crippen molar-refractivity contribution < 1.29 is 23.4 Å². The van der Waals surface area contributed by atoms with E-state index in [0.29, 0.717) is 6.07 Å². The van der Waals surface area contributed by atoms with Gasteiger partial charge in [-0.1, -0.05) is 0 Å². The van der Waals surface area contributed by atoms with Gasteiger partial charge in [-0.25, -0.2) is 8.78 Å². The van der Waals surface area contributed by atoms with Crippen molar-refractivity contribution in [1.82, 2.24) is 5.32 Å². The third-order valence-electron chi connectivity index (χ3n) is 1.93. The normalized spacial score (nSPS) is 12.0. The lowest BCUT2D eigenvalue weighted by Crippen LogP contribution is -2.38. The molecule has 0 saturated carbocycles. The highest BCUT2D eigenvalue weighted by molar-refractivity contribution is 5.77. The van der Waals surface area contributed by atoms with Crippen molar-refractivity contribution in [2.75, 3.05) is 13.2 Å². The Balaban J connectivity index is 2.47. The molecule has 1 rings (SSSR count). The summed E-state index contributed by atoms with van der Waals surface area (Å²) in [4.78, 5) is 11.2. The number of rotatable bonds is 5. The maximum atomic E-state index is 13.1. The highest BCUT2D eigenvalue weighted by atomic mass is 19.1. The van der Waals surface area contributed by atoms with Crippen molar-refractivity contribution in [2.45, 2.75) is 13.0 Å². The zero-order valence-corrected chi connectivity index (χ0v) is 9.24. The summed E-state index contributed by atoms with van der Waals surface area (Å²) in [5, 5.41) is 11.1. The second-order valence-corrected chi connectivity index (χ2v) is 3.51. The van der Waals surface area contributed by atoms with Crippen molar-refractivity contribution in [1.29, 1.82) is 0 Å². The molecule has 0 heterocycles. The zero-order valence-electron chi connectivity index (χ0n) is 9.24. The van der Waals surface area contributed by atoms with E-state index in [2.05, 4.69) is 5.32 Å². The first-order valence-corrected chi connectivity index (χ1v) is 5.01. The van der Waals surface area contributed by atoms with Crippen LogP contribution in [0.25, 0.3) is 0 Å². The van der Waals surface area contributed by atoms with Gasteiger partial charge in [0.25, 0.3) is 5.91 Å². The molecule has 0 fully saturated rings. The Hall–Kier alpha value is -1.69. The number of halogens is 2. The number of aliphatic hydroxyl groups is 1. The summed E-state index contributed by atoms with van der Waals surface area (Å²) in [5.74, 6) is -2.27. The largest absolute Gasteiger partial charge is 0.481 e. The topological polar surface area (TPSA) is 58.6 Å². The van der Waals surface area contributed by atoms with Crippen LogP contribution in [0, 0.1) is 11.6 Å². The molecule has 94 valence electrons. The van der Waals surface area contributed by atoms with Crippen LogP contribution in [0.1, 0.15) is 6.92 Å². The number of hydrogen-bond acceptors (Lipinski definition) is 3. The van der Waals surface area contributed by atoms with E-state index in [1.54, 1.807) is 6.92 Å². The van der Waals surface area contributed by atoms with Crippen LogP contribution in [0.3, 0.4) is 0 Å². The fourth-order valence-corrected chi connectivity index (χ4v) is 1.10. The number of carbonyl (C=O) groups is 1. The maximum absolute atomic E-state index is 13.1. The van der Waals surface area contributed by atoms with Crippen molar-refractivity contribution >= 4 is 5.91 Å². The lowest BCUT2D eigenvalue weighted by molar-refractivity contribution is -0.124. The van der Waals surface area contributed by atoms with Gasteiger partial charge < -0.3 is 15.2 Å². The first-order valence-electron chi connectivity index (χ1n) is 5.01. The van der Waals surface area contributed by atoms with E-state index in [9.17, 15) is 13.6 Å². The molecule has 0 aromatic heterocycles. The van der Waals surface area contributed by atoms with Crippen LogP contribution in [-0.2, 0) is 4.79 Å². The number of benzene rings is 1. The molecule has 1 unspecified atom stereocenters. The predicted molar refractivity (Wildman–Crippen MR) is 56.5 cm³/mol. The molecule has 1 atom stereocenters. The monoisotopic (exact) mass is 245 g/mol. The molecular formula is C11H13F2NO3. The quantitative estimate of drug-likeness (QED) is 0.808. The average molecular weight is 245 g/mol. The molecule has 1 aromatic carbocycles. The predicted octanol–water partition coefficient (Wildman–Crippen LogP) is 0.841. The molecule has 0 bridgehead atoms. The molecule has 1 amide bonds. The van der Waals surface area contributed by atoms with Crippen molar-refractivity contribution in [3.63, 3.8) is 0 Å². The van der Waals surface area contributed by atoms with Gasteiger partial charge in [0.15, 0.2) is 18.2 Å². The van der Waals surface area contributed by atoms with Crippen LogP contribution in [0.2, 0.25) is 0 Å². The van der Waals surface area contributed by atoms with E-state index in [0.717, 1.165) is 12.1 Å². The highest BCUT2D eigenvalue weighted by Crippen LogP contribution is 2.17. The van der Waals surface area contributed by atoms with E-state index in [1.807, 2.05) is 0 Å². The first-order chi connectivity index (χ1) is 8.02. The smallest absolute Gasteiger partial charge is 0.258 e. The Bertz CT molecular complexity index is 398. The van der Waals surface area contributed by atoms with Crippen LogP contribution in [0.5, 0.6) is 5.75 Å². The summed E-state index contributed by atoms with van der Waals surface area (Å²) in [6, 6.07) is 2.41. The van der Waals surface area contributed by atoms with E-state index in [4.69, 9.17) is 9.84 Å². The van der Waals surface area contributed by atoms with Gasteiger partial charge >= 0.3 is 0 Å². The number of amides is 1. The molecule has 0 aliphatic heterocycles. The number of carbonyl (C=O) groups excluding carboxylic acids is 1. The summed E-state index contributed by atoms with van der Waals surface area (Å²) in [6.07, 6.45) is 0. The van der Waals surface area contributed by atoms with Crippen LogP contribution in [0.4, 0.5) is 8.78 Å². The second-order valence-electron chi connectivity index (χ2n) is 3.51. The molecule has 0 aliphatic carbocycles. The van der Waals surface area contributed by atoms with Crippen molar-refractivity contribution in [3.05, 3.63) is 29.8 Å². The maximum Gasteiger partial charge on any atom is 0.258 e. The molecule has 6 heteroatoms. The highest BCUT2D eigenvalue weighted by Gasteiger charge is 2.09. The van der Waals surface area contributed by atoms with Gasteiger partial charge in [-0.05, 0) is 19.1 Å². The zero-order chi connectivity index (χ0) is 12.8. The molecule has 4 nitrogen and oxygen atoms in total. The lowest BCUT2D eigenvalue weighted by Gasteiger charge is -2.11. The fourth-order valence-electron chi connectivity index (χ4n) is 1.10. The van der Waals surface area contributed by atoms with Crippen LogP contribution in [-0.4, -0.2) is 30.3 Å². The van der Waals surface area contributed by atoms with Crippen molar-refractivity contribution in [2.24, 2.45) is 0 Å². The summed E-state index contributed by atoms with van der Waals surface area (Å²) in [5.41, 5.74) is 0. The molecule has 0 saturated heterocycles. The van der Waals surface area contributed by atoms with Gasteiger partial charge in [0, 0.05) is 12.1 Å². The standard InChI is InChI=1S/C11H13F2NO3/c1-7(5-15)14-11(16)6-17-10-3-2-8(12)4-9(10)13/h2-4,7,15H,5-6H2,1H3,(H,14,16). The van der Waals surface area contributed by atoms with Gasteiger partial charge in [0.05, 0.1) is 6.61 Å². The van der Waals surface area contributed by atoms with E-state index < -0.39 is 30.2 Å². The van der Waals surface area contributed by atoms with Gasteiger partial charge in [-0.3, -0.25) is 4.79 Å². The Morgan fingerprint density at radius 1 is 1.53 bits per heavy atom. The Morgan fingerprint density at radius 3 is 2.82 bits per heavy atom. The van der Waals surface area contributed by atoms with Crippen LogP contribution < -0.4 is 10.1 Å². The SMILES string of the molecule is CC(CO)NC(=O)COc1ccc(F)cc1F. The van der Waals surface area contributed by atoms with E-state index >= 15 is 0 Å². The summed E-state index contributed by atoms with van der Waals surface area (Å²) in [6.45, 7) is 1.01. The number of nitrogens with one attached hydrogen (secondary N) is 1. The van der Waals surface area contributed by atoms with Gasteiger partial charge in [-0.15, -0.1) is 0 Å². The second kappa shape index (κ2) is 6.15. The molecule has 0 aliphatic rings. The Kier molecular flexibility index (Phi) is 4.84. The average Bonchev–Trinajstić information content (AvgIpc) is 2.27. The lowest BCUT2D eigenvalue weighted by atomic mass is 10.3. The third kappa shape index (κ3) is 4.36. The minimum absolute atomic E-state index is 0.196. The molecule has 1 aromatic rings. The van der Waals surface area contributed by atoms with E-state index in [-0.39, 0.29) is 12.4 Å². The minimum Gasteiger partial charge on any atom is -0.481 e. The molecular weight excluding hydrogens is 232 g/mol. The van der Waals surface area contributed by atoms with Gasteiger partial charge in [-0.2, -0.15) is 0 Å². The Labute approximate surface area is 97.2 Å². The van der Waals surface area contributed by atoms with Crippen LogP contribution >= 0.6 is 0 Å². The van der Waals surface area contributed by atoms with Crippen LogP contribution in [0.15, 0.2) is 18.2 Å². The number of ether oxygens (including phenoxy) is 1. The minimum atomic E-state index is -0.868. The first kappa shape index (κ1) is 13.4. The van der Waals surface area contributed by atoms with Crippen molar-refractivity contribution in [3.8, 4) is 5.75 Å². The van der Waals surface area contributed by atoms with Gasteiger partial charge in [0.2, 0.25) is 0 Å². The summed E-state index contributed by atoms with van der Waals surface area (Å²) >= 11 is 0. The summed E-state index contributed by atoms with van der Waals surface area (Å²) < 4.78 is 30.5. The number of hydrogen-bond donors (Lipinski definition) is 2. The van der Waals surface area contributed by atoms with E-state index in [1.165, 1.54) is 0 Å².